The predicted octanol–water partition coefficient (Wildman–Crippen LogP) is 2.93. The number of hydrogen-bond acceptors (Lipinski definition) is 4. The molecule has 1 aliphatic rings. The van der Waals surface area contributed by atoms with E-state index in [9.17, 15) is 9.90 Å². The van der Waals surface area contributed by atoms with Crippen molar-refractivity contribution in [1.82, 2.24) is 5.32 Å². The molecule has 0 bridgehead atoms. The van der Waals surface area contributed by atoms with Gasteiger partial charge in [-0.05, 0) is 42.5 Å². The van der Waals surface area contributed by atoms with Gasteiger partial charge in [0.05, 0.1) is 19.6 Å². The quantitative estimate of drug-likeness (QED) is 0.736. The average Bonchev–Trinajstić information content (AvgIpc) is 2.77. The molecule has 0 spiro atoms. The topological polar surface area (TPSA) is 67.8 Å². The number of aliphatic hydroxyl groups is 1. The third-order valence-electron chi connectivity index (χ3n) is 5.62. The number of carbonyl (C=O) groups excluding carboxylic acids is 1. The minimum Gasteiger partial charge on any atom is -0.497 e. The van der Waals surface area contributed by atoms with Crippen LogP contribution in [0.4, 0.5) is 0 Å². The van der Waals surface area contributed by atoms with Crippen molar-refractivity contribution in [2.45, 2.75) is 25.2 Å². The standard InChI is InChI=1S/C23H29NO4/c1-27-20-9-5-8-19(15-20)21(14-18-6-3-2-4-7-18)22(26)24-16-23(17-25)10-12-28-13-11-23/h2-9,15,21,25H,10-14,16-17H2,1H3,(H,24,26). The first-order valence-electron chi connectivity index (χ1n) is 9.80. The summed E-state index contributed by atoms with van der Waals surface area (Å²) in [7, 11) is 1.63. The number of benzene rings is 2. The highest BCUT2D eigenvalue weighted by atomic mass is 16.5. The Kier molecular flexibility index (Phi) is 7.06. The highest BCUT2D eigenvalue weighted by Crippen LogP contribution is 2.30. The number of aliphatic hydroxyl groups excluding tert-OH is 1. The maximum atomic E-state index is 13.2. The van der Waals surface area contributed by atoms with Crippen molar-refractivity contribution in [3.05, 3.63) is 65.7 Å². The van der Waals surface area contributed by atoms with Gasteiger partial charge >= 0.3 is 0 Å². The summed E-state index contributed by atoms with van der Waals surface area (Å²) in [5, 5.41) is 13.0. The fraction of sp³-hybridized carbons (Fsp3) is 0.435. The Labute approximate surface area is 166 Å². The molecule has 0 radical (unpaired) electrons. The smallest absolute Gasteiger partial charge is 0.227 e. The summed E-state index contributed by atoms with van der Waals surface area (Å²) in [5.74, 6) is 0.379. The van der Waals surface area contributed by atoms with Crippen molar-refractivity contribution in [2.24, 2.45) is 5.41 Å². The normalized spacial score (nSPS) is 16.9. The van der Waals surface area contributed by atoms with E-state index in [-0.39, 0.29) is 23.8 Å². The Morgan fingerprint density at radius 1 is 1.18 bits per heavy atom. The zero-order valence-electron chi connectivity index (χ0n) is 16.4. The summed E-state index contributed by atoms with van der Waals surface area (Å²) in [5.41, 5.74) is 1.73. The highest BCUT2D eigenvalue weighted by Gasteiger charge is 2.33. The van der Waals surface area contributed by atoms with Crippen LogP contribution in [0.3, 0.4) is 0 Å². The number of nitrogens with one attached hydrogen (secondary N) is 1. The summed E-state index contributed by atoms with van der Waals surface area (Å²) in [6.07, 6.45) is 2.12. The third-order valence-corrected chi connectivity index (χ3v) is 5.62. The molecule has 0 aromatic heterocycles. The largest absolute Gasteiger partial charge is 0.497 e. The lowest BCUT2D eigenvalue weighted by Gasteiger charge is -2.36. The van der Waals surface area contributed by atoms with E-state index >= 15 is 0 Å². The van der Waals surface area contributed by atoms with Gasteiger partial charge in [0.1, 0.15) is 5.75 Å². The van der Waals surface area contributed by atoms with Crippen LogP contribution in [0.25, 0.3) is 0 Å². The van der Waals surface area contributed by atoms with E-state index < -0.39 is 0 Å². The van der Waals surface area contributed by atoms with Crippen LogP contribution >= 0.6 is 0 Å². The van der Waals surface area contributed by atoms with E-state index in [0.29, 0.717) is 26.2 Å². The summed E-state index contributed by atoms with van der Waals surface area (Å²) < 4.78 is 10.8. The molecule has 2 aromatic carbocycles. The van der Waals surface area contributed by atoms with Gasteiger partial charge in [0.2, 0.25) is 5.91 Å². The molecule has 1 amide bonds. The molecule has 1 atom stereocenters. The summed E-state index contributed by atoms with van der Waals surface area (Å²) in [6, 6.07) is 17.7. The van der Waals surface area contributed by atoms with Crippen LogP contribution in [-0.2, 0) is 16.0 Å². The van der Waals surface area contributed by atoms with Gasteiger partial charge in [0, 0.05) is 25.2 Å². The number of methoxy groups -OCH3 is 1. The molecule has 1 aliphatic heterocycles. The predicted molar refractivity (Wildman–Crippen MR) is 108 cm³/mol. The Hall–Kier alpha value is -2.37. The van der Waals surface area contributed by atoms with Crippen molar-refractivity contribution < 1.29 is 19.4 Å². The van der Waals surface area contributed by atoms with Crippen molar-refractivity contribution in [3.63, 3.8) is 0 Å². The Morgan fingerprint density at radius 3 is 2.61 bits per heavy atom. The van der Waals surface area contributed by atoms with Gasteiger partial charge in [0.25, 0.3) is 0 Å². The Bertz CT molecular complexity index is 756. The molecule has 5 nitrogen and oxygen atoms in total. The van der Waals surface area contributed by atoms with Crippen LogP contribution < -0.4 is 10.1 Å². The summed E-state index contributed by atoms with van der Waals surface area (Å²) >= 11 is 0. The molecule has 1 saturated heterocycles. The minimum absolute atomic E-state index is 0.0311. The zero-order valence-corrected chi connectivity index (χ0v) is 16.4. The van der Waals surface area contributed by atoms with Crippen LogP contribution in [0.2, 0.25) is 0 Å². The molecular formula is C23H29NO4. The van der Waals surface area contributed by atoms with Gasteiger partial charge in [-0.2, -0.15) is 0 Å². The van der Waals surface area contributed by atoms with Crippen molar-refractivity contribution in [3.8, 4) is 5.75 Å². The Morgan fingerprint density at radius 2 is 1.93 bits per heavy atom. The number of hydrogen-bond donors (Lipinski definition) is 2. The fourth-order valence-corrected chi connectivity index (χ4v) is 3.66. The first kappa shape index (κ1) is 20.4. The van der Waals surface area contributed by atoms with Gasteiger partial charge < -0.3 is 19.9 Å². The molecule has 0 aliphatic carbocycles. The van der Waals surface area contributed by atoms with Gasteiger partial charge in [-0.3, -0.25) is 4.79 Å². The molecule has 1 unspecified atom stereocenters. The highest BCUT2D eigenvalue weighted by molar-refractivity contribution is 5.84. The summed E-state index contributed by atoms with van der Waals surface area (Å²) in [4.78, 5) is 13.2. The number of amides is 1. The zero-order chi connectivity index (χ0) is 19.8. The lowest BCUT2D eigenvalue weighted by Crippen LogP contribution is -2.45. The Balaban J connectivity index is 1.78. The molecule has 1 fully saturated rings. The molecule has 150 valence electrons. The van der Waals surface area contributed by atoms with Crippen molar-refractivity contribution >= 4 is 5.91 Å². The minimum atomic E-state index is -0.326. The SMILES string of the molecule is COc1cccc(C(Cc2ccccc2)C(=O)NCC2(CO)CCOCC2)c1. The van der Waals surface area contributed by atoms with E-state index in [0.717, 1.165) is 29.7 Å². The van der Waals surface area contributed by atoms with Gasteiger partial charge in [-0.25, -0.2) is 0 Å². The monoisotopic (exact) mass is 383 g/mol. The lowest BCUT2D eigenvalue weighted by molar-refractivity contribution is -0.123. The molecule has 28 heavy (non-hydrogen) atoms. The maximum absolute atomic E-state index is 13.2. The lowest BCUT2D eigenvalue weighted by atomic mass is 9.80. The van der Waals surface area contributed by atoms with E-state index in [1.54, 1.807) is 7.11 Å². The van der Waals surface area contributed by atoms with Gasteiger partial charge in [0.15, 0.2) is 0 Å². The number of ether oxygens (including phenoxy) is 2. The van der Waals surface area contributed by atoms with E-state index in [2.05, 4.69) is 5.32 Å². The second-order valence-corrected chi connectivity index (χ2v) is 7.51. The second kappa shape index (κ2) is 9.71. The fourth-order valence-electron chi connectivity index (χ4n) is 3.66. The molecule has 2 aromatic rings. The first-order chi connectivity index (χ1) is 13.7. The van der Waals surface area contributed by atoms with E-state index in [4.69, 9.17) is 9.47 Å². The summed E-state index contributed by atoms with van der Waals surface area (Å²) in [6.45, 7) is 1.76. The molecular weight excluding hydrogens is 354 g/mol. The van der Waals surface area contributed by atoms with E-state index in [1.165, 1.54) is 0 Å². The second-order valence-electron chi connectivity index (χ2n) is 7.51. The van der Waals surface area contributed by atoms with Crippen LogP contribution in [0, 0.1) is 5.41 Å². The number of rotatable bonds is 8. The van der Waals surface area contributed by atoms with Crippen molar-refractivity contribution in [1.29, 1.82) is 0 Å². The van der Waals surface area contributed by atoms with Crippen LogP contribution in [-0.4, -0.2) is 44.5 Å². The first-order valence-corrected chi connectivity index (χ1v) is 9.80. The molecule has 1 heterocycles. The average molecular weight is 383 g/mol. The van der Waals surface area contributed by atoms with E-state index in [1.807, 2.05) is 54.6 Å². The third kappa shape index (κ3) is 5.12. The van der Waals surface area contributed by atoms with Crippen LogP contribution in [0.5, 0.6) is 5.75 Å². The van der Waals surface area contributed by atoms with Gasteiger partial charge in [-0.15, -0.1) is 0 Å². The maximum Gasteiger partial charge on any atom is 0.227 e. The van der Waals surface area contributed by atoms with Crippen molar-refractivity contribution in [2.75, 3.05) is 33.5 Å². The molecule has 5 heteroatoms. The van der Waals surface area contributed by atoms with Gasteiger partial charge in [-0.1, -0.05) is 42.5 Å². The molecule has 0 saturated carbocycles. The molecule has 2 N–H and O–H groups in total. The number of carbonyl (C=O) groups is 1. The molecule has 3 rings (SSSR count). The van der Waals surface area contributed by atoms with Crippen LogP contribution in [0.1, 0.15) is 29.9 Å². The van der Waals surface area contributed by atoms with Crippen LogP contribution in [0.15, 0.2) is 54.6 Å².